The molecule has 1 rings (SSSR count). The summed E-state index contributed by atoms with van der Waals surface area (Å²) < 4.78 is 0. The number of nitriles is 1. The van der Waals surface area contributed by atoms with Gasteiger partial charge in [-0.15, -0.1) is 0 Å². The summed E-state index contributed by atoms with van der Waals surface area (Å²) in [5, 5.41) is 9.32. The van der Waals surface area contributed by atoms with Crippen LogP contribution in [0.5, 0.6) is 0 Å². The number of hydrogen-bond acceptors (Lipinski definition) is 3. The molecule has 0 unspecified atom stereocenters. The second-order valence-electron chi connectivity index (χ2n) is 2.99. The maximum atomic E-state index is 8.89. The van der Waals surface area contributed by atoms with Gasteiger partial charge < -0.3 is 4.90 Å². The van der Waals surface area contributed by atoms with Crippen LogP contribution < -0.4 is 0 Å². The van der Waals surface area contributed by atoms with Gasteiger partial charge in [0.05, 0.1) is 5.57 Å². The lowest BCUT2D eigenvalue weighted by atomic mass is 10.1. The fourth-order valence-corrected chi connectivity index (χ4v) is 1.07. The highest BCUT2D eigenvalue weighted by molar-refractivity contribution is 6.29. The SMILES string of the molecule is CN(C)/C=C(\C#N)c1ccc(Cl)nc1. The number of hydrogen-bond donors (Lipinski definition) is 0. The van der Waals surface area contributed by atoms with Crippen LogP contribution in [0.25, 0.3) is 5.57 Å². The molecular formula is C10H10ClN3. The molecule has 0 bridgehead atoms. The molecule has 0 fully saturated rings. The topological polar surface area (TPSA) is 39.9 Å². The van der Waals surface area contributed by atoms with Gasteiger partial charge in [-0.3, -0.25) is 0 Å². The summed E-state index contributed by atoms with van der Waals surface area (Å²) in [5.74, 6) is 0. The molecule has 14 heavy (non-hydrogen) atoms. The molecule has 3 nitrogen and oxygen atoms in total. The standard InChI is InChI=1S/C10H10ClN3/c1-14(2)7-9(5-12)8-3-4-10(11)13-6-8/h3-4,6-7H,1-2H3/b9-7+. The lowest BCUT2D eigenvalue weighted by molar-refractivity contribution is 0.566. The molecule has 72 valence electrons. The minimum atomic E-state index is 0.427. The van der Waals surface area contributed by atoms with Crippen LogP contribution in [0, 0.1) is 11.3 Å². The zero-order valence-electron chi connectivity index (χ0n) is 8.03. The molecule has 0 amide bonds. The van der Waals surface area contributed by atoms with Crippen molar-refractivity contribution in [1.29, 1.82) is 5.26 Å². The van der Waals surface area contributed by atoms with E-state index in [9.17, 15) is 0 Å². The summed E-state index contributed by atoms with van der Waals surface area (Å²) in [6, 6.07) is 5.54. The van der Waals surface area contributed by atoms with E-state index >= 15 is 0 Å². The second-order valence-corrected chi connectivity index (χ2v) is 3.38. The molecule has 0 saturated carbocycles. The van der Waals surface area contributed by atoms with Crippen LogP contribution in [-0.4, -0.2) is 24.0 Å². The second kappa shape index (κ2) is 4.64. The molecule has 1 aromatic heterocycles. The van der Waals surface area contributed by atoms with E-state index in [2.05, 4.69) is 11.1 Å². The summed E-state index contributed by atoms with van der Waals surface area (Å²) in [5.41, 5.74) is 1.34. The van der Waals surface area contributed by atoms with Crippen molar-refractivity contribution >= 4 is 17.2 Å². The predicted molar refractivity (Wildman–Crippen MR) is 56.5 cm³/mol. The number of pyridine rings is 1. The van der Waals surface area contributed by atoms with E-state index in [4.69, 9.17) is 16.9 Å². The molecule has 0 N–H and O–H groups in total. The third-order valence-corrected chi connectivity index (χ3v) is 1.77. The summed E-state index contributed by atoms with van der Waals surface area (Å²) >= 11 is 5.64. The lowest BCUT2D eigenvalue weighted by Gasteiger charge is -2.06. The van der Waals surface area contributed by atoms with Crippen LogP contribution >= 0.6 is 11.6 Å². The van der Waals surface area contributed by atoms with Gasteiger partial charge in [0.15, 0.2) is 0 Å². The van der Waals surface area contributed by atoms with Crippen molar-refractivity contribution in [2.45, 2.75) is 0 Å². The monoisotopic (exact) mass is 207 g/mol. The number of rotatable bonds is 2. The Morgan fingerprint density at radius 1 is 1.57 bits per heavy atom. The van der Waals surface area contributed by atoms with E-state index in [1.165, 1.54) is 0 Å². The fraction of sp³-hybridized carbons (Fsp3) is 0.200. The van der Waals surface area contributed by atoms with Gasteiger partial charge in [-0.1, -0.05) is 11.6 Å². The van der Waals surface area contributed by atoms with Crippen molar-refractivity contribution in [1.82, 2.24) is 9.88 Å². The normalized spacial score (nSPS) is 10.9. The average molecular weight is 208 g/mol. The number of allylic oxidation sites excluding steroid dienone is 1. The molecule has 1 heterocycles. The number of halogens is 1. The van der Waals surface area contributed by atoms with Crippen LogP contribution in [0.4, 0.5) is 0 Å². The Balaban J connectivity index is 3.03. The van der Waals surface area contributed by atoms with Gasteiger partial charge in [-0.05, 0) is 12.1 Å². The highest BCUT2D eigenvalue weighted by atomic mass is 35.5. The molecule has 0 saturated heterocycles. The summed E-state index contributed by atoms with van der Waals surface area (Å²) in [6.07, 6.45) is 3.33. The molecule has 0 spiro atoms. The lowest BCUT2D eigenvalue weighted by Crippen LogP contribution is -2.02. The van der Waals surface area contributed by atoms with Crippen LogP contribution in [0.2, 0.25) is 5.15 Å². The van der Waals surface area contributed by atoms with Crippen LogP contribution in [0.1, 0.15) is 5.56 Å². The molecule has 1 aromatic rings. The molecule has 0 atom stereocenters. The maximum absolute atomic E-state index is 8.89. The molecule has 0 radical (unpaired) electrons. The summed E-state index contributed by atoms with van der Waals surface area (Å²) in [6.45, 7) is 0. The van der Waals surface area contributed by atoms with Gasteiger partial charge in [0, 0.05) is 32.1 Å². The number of aromatic nitrogens is 1. The van der Waals surface area contributed by atoms with Crippen LogP contribution in [0.3, 0.4) is 0 Å². The average Bonchev–Trinajstić information content (AvgIpc) is 2.15. The highest BCUT2D eigenvalue weighted by Crippen LogP contribution is 2.14. The first-order valence-electron chi connectivity index (χ1n) is 4.04. The summed E-state index contributed by atoms with van der Waals surface area (Å²) in [7, 11) is 3.72. The molecule has 0 aliphatic heterocycles. The quantitative estimate of drug-likeness (QED) is 0.551. The van der Waals surface area contributed by atoms with E-state index in [-0.39, 0.29) is 0 Å². The van der Waals surface area contributed by atoms with Gasteiger partial charge in [0.25, 0.3) is 0 Å². The largest absolute Gasteiger partial charge is 0.382 e. The summed E-state index contributed by atoms with van der Waals surface area (Å²) in [4.78, 5) is 5.72. The van der Waals surface area contributed by atoms with Crippen molar-refractivity contribution in [2.24, 2.45) is 0 Å². The Morgan fingerprint density at radius 2 is 2.29 bits per heavy atom. The van der Waals surface area contributed by atoms with Crippen molar-refractivity contribution in [3.63, 3.8) is 0 Å². The first-order chi connectivity index (χ1) is 6.63. The minimum Gasteiger partial charge on any atom is -0.382 e. The van der Waals surface area contributed by atoms with E-state index in [1.54, 1.807) is 24.5 Å². The van der Waals surface area contributed by atoms with E-state index < -0.39 is 0 Å². The molecule has 0 aliphatic carbocycles. The van der Waals surface area contributed by atoms with Crippen molar-refractivity contribution in [2.75, 3.05) is 14.1 Å². The van der Waals surface area contributed by atoms with Gasteiger partial charge in [-0.2, -0.15) is 5.26 Å². The minimum absolute atomic E-state index is 0.427. The Labute approximate surface area is 88.2 Å². The molecule has 4 heteroatoms. The Morgan fingerprint density at radius 3 is 2.71 bits per heavy atom. The third-order valence-electron chi connectivity index (χ3n) is 1.55. The zero-order valence-corrected chi connectivity index (χ0v) is 8.78. The van der Waals surface area contributed by atoms with Gasteiger partial charge in [-0.25, -0.2) is 4.98 Å². The molecule has 0 aromatic carbocycles. The molecular weight excluding hydrogens is 198 g/mol. The van der Waals surface area contributed by atoms with E-state index in [1.807, 2.05) is 19.0 Å². The van der Waals surface area contributed by atoms with Gasteiger partial charge in [0.1, 0.15) is 11.2 Å². The third kappa shape index (κ3) is 2.75. The van der Waals surface area contributed by atoms with Crippen molar-refractivity contribution in [3.05, 3.63) is 35.2 Å². The first kappa shape index (κ1) is 10.6. The fourth-order valence-electron chi connectivity index (χ4n) is 0.961. The Kier molecular flexibility index (Phi) is 3.49. The Bertz CT molecular complexity index is 373. The highest BCUT2D eigenvalue weighted by Gasteiger charge is 2.01. The van der Waals surface area contributed by atoms with E-state index in [0.717, 1.165) is 5.56 Å². The van der Waals surface area contributed by atoms with Crippen molar-refractivity contribution < 1.29 is 0 Å². The first-order valence-corrected chi connectivity index (χ1v) is 4.41. The van der Waals surface area contributed by atoms with E-state index in [0.29, 0.717) is 10.7 Å². The Hall–Kier alpha value is -1.53. The number of nitrogens with zero attached hydrogens (tertiary/aromatic N) is 3. The van der Waals surface area contributed by atoms with Crippen LogP contribution in [-0.2, 0) is 0 Å². The smallest absolute Gasteiger partial charge is 0.129 e. The zero-order chi connectivity index (χ0) is 10.6. The maximum Gasteiger partial charge on any atom is 0.129 e. The molecule has 0 aliphatic rings. The van der Waals surface area contributed by atoms with Crippen LogP contribution in [0.15, 0.2) is 24.5 Å². The van der Waals surface area contributed by atoms with Crippen molar-refractivity contribution in [3.8, 4) is 6.07 Å². The predicted octanol–water partition coefficient (Wildman–Crippen LogP) is 2.16. The van der Waals surface area contributed by atoms with Gasteiger partial charge >= 0.3 is 0 Å². The van der Waals surface area contributed by atoms with Gasteiger partial charge in [0.2, 0.25) is 0 Å².